The van der Waals surface area contributed by atoms with Crippen LogP contribution in [0, 0.1) is 18.6 Å². The molecule has 2 aromatic carbocycles. The maximum Gasteiger partial charge on any atom is 0.167 e. The van der Waals surface area contributed by atoms with Gasteiger partial charge in [-0.1, -0.05) is 56.2 Å². The van der Waals surface area contributed by atoms with Gasteiger partial charge in [-0.15, -0.1) is 0 Å². The molecule has 0 spiro atoms. The summed E-state index contributed by atoms with van der Waals surface area (Å²) in [6.45, 7) is 4.32. The minimum Gasteiger partial charge on any atom is -0.373 e. The van der Waals surface area contributed by atoms with Crippen LogP contribution in [0.5, 0.6) is 0 Å². The highest BCUT2D eigenvalue weighted by Crippen LogP contribution is 2.35. The number of aryl methyl sites for hydroxylation is 2. The Bertz CT molecular complexity index is 1030. The Hall–Kier alpha value is -2.66. The molecule has 2 atom stereocenters. The fourth-order valence-electron chi connectivity index (χ4n) is 4.25. The zero-order valence-corrected chi connectivity index (χ0v) is 18.8. The predicted octanol–water partition coefficient (Wildman–Crippen LogP) is 7.10. The number of aromatic nitrogens is 2. The molecule has 1 fully saturated rings. The van der Waals surface area contributed by atoms with Crippen LogP contribution in [0.1, 0.15) is 73.6 Å². The van der Waals surface area contributed by atoms with Crippen molar-refractivity contribution in [3.8, 4) is 11.1 Å². The number of rotatable bonds is 7. The van der Waals surface area contributed by atoms with E-state index in [1.165, 1.54) is 30.4 Å². The van der Waals surface area contributed by atoms with Gasteiger partial charge in [-0.2, -0.15) is 0 Å². The van der Waals surface area contributed by atoms with Gasteiger partial charge in [-0.3, -0.25) is 0 Å². The topological polar surface area (TPSA) is 35.0 Å². The lowest BCUT2D eigenvalue weighted by Gasteiger charge is -2.28. The number of benzene rings is 2. The largest absolute Gasteiger partial charge is 0.373 e. The molecule has 1 aromatic heterocycles. The first-order valence-electron chi connectivity index (χ1n) is 11.5. The van der Waals surface area contributed by atoms with E-state index >= 15 is 0 Å². The van der Waals surface area contributed by atoms with Crippen molar-refractivity contribution in [1.82, 2.24) is 9.97 Å². The van der Waals surface area contributed by atoms with E-state index in [1.807, 2.05) is 0 Å². The Morgan fingerprint density at radius 2 is 1.69 bits per heavy atom. The Morgan fingerprint density at radius 1 is 0.938 bits per heavy atom. The molecule has 3 nitrogen and oxygen atoms in total. The molecule has 1 aliphatic heterocycles. The van der Waals surface area contributed by atoms with Gasteiger partial charge < -0.3 is 4.74 Å². The van der Waals surface area contributed by atoms with E-state index in [4.69, 9.17) is 4.74 Å². The van der Waals surface area contributed by atoms with E-state index in [9.17, 15) is 8.78 Å². The lowest BCUT2D eigenvalue weighted by molar-refractivity contribution is 0.000724. The van der Waals surface area contributed by atoms with Gasteiger partial charge in [0.25, 0.3) is 0 Å². The summed E-state index contributed by atoms with van der Waals surface area (Å²) in [6.07, 6.45) is 9.95. The molecule has 1 aliphatic rings. The van der Waals surface area contributed by atoms with Crippen LogP contribution in [0.3, 0.4) is 0 Å². The first-order valence-corrected chi connectivity index (χ1v) is 11.5. The van der Waals surface area contributed by atoms with Gasteiger partial charge in [-0.25, -0.2) is 18.7 Å². The molecule has 0 radical (unpaired) electrons. The van der Waals surface area contributed by atoms with E-state index in [1.54, 1.807) is 31.5 Å². The van der Waals surface area contributed by atoms with Crippen LogP contribution < -0.4 is 0 Å². The monoisotopic (exact) mass is 436 g/mol. The second-order valence-electron chi connectivity index (χ2n) is 8.68. The van der Waals surface area contributed by atoms with E-state index in [0.29, 0.717) is 18.0 Å². The van der Waals surface area contributed by atoms with Crippen molar-refractivity contribution in [2.45, 2.75) is 64.4 Å². The summed E-state index contributed by atoms with van der Waals surface area (Å²) in [4.78, 5) is 8.87. The van der Waals surface area contributed by atoms with Crippen molar-refractivity contribution in [1.29, 1.82) is 0 Å². The first kappa shape index (κ1) is 22.5. The van der Waals surface area contributed by atoms with Crippen molar-refractivity contribution in [3.05, 3.63) is 82.9 Å². The molecular weight excluding hydrogens is 406 g/mol. The molecule has 2 unspecified atom stereocenters. The molecule has 0 amide bonds. The van der Waals surface area contributed by atoms with Crippen LogP contribution in [0.15, 0.2) is 48.8 Å². The van der Waals surface area contributed by atoms with Crippen LogP contribution in [0.4, 0.5) is 8.78 Å². The highest BCUT2D eigenvalue weighted by atomic mass is 19.2. The van der Waals surface area contributed by atoms with Gasteiger partial charge in [0.15, 0.2) is 11.6 Å². The van der Waals surface area contributed by atoms with Crippen LogP contribution >= 0.6 is 0 Å². The Labute approximate surface area is 188 Å². The summed E-state index contributed by atoms with van der Waals surface area (Å²) in [5.41, 5.74) is 3.53. The summed E-state index contributed by atoms with van der Waals surface area (Å²) in [6, 6.07) is 11.9. The van der Waals surface area contributed by atoms with Crippen molar-refractivity contribution in [2.24, 2.45) is 0 Å². The third-order valence-electron chi connectivity index (χ3n) is 6.32. The maximum absolute atomic E-state index is 14.3. The van der Waals surface area contributed by atoms with Crippen molar-refractivity contribution >= 4 is 0 Å². The third kappa shape index (κ3) is 5.04. The van der Waals surface area contributed by atoms with E-state index < -0.39 is 11.6 Å². The summed E-state index contributed by atoms with van der Waals surface area (Å²) in [7, 11) is 0. The fraction of sp³-hybridized carbons (Fsp3) is 0.407. The molecule has 3 aromatic rings. The lowest BCUT2D eigenvalue weighted by Crippen LogP contribution is -2.21. The molecule has 0 saturated carbocycles. The Kier molecular flexibility index (Phi) is 7.26. The molecule has 0 aliphatic carbocycles. The predicted molar refractivity (Wildman–Crippen MR) is 122 cm³/mol. The van der Waals surface area contributed by atoms with E-state index in [0.717, 1.165) is 19.3 Å². The van der Waals surface area contributed by atoms with E-state index in [-0.39, 0.29) is 23.1 Å². The number of ether oxygens (including phenoxy) is 1. The quantitative estimate of drug-likeness (QED) is 0.371. The molecule has 1 saturated heterocycles. The molecule has 5 heteroatoms. The first-order chi connectivity index (χ1) is 15.6. The highest BCUT2D eigenvalue weighted by Gasteiger charge is 2.26. The molecule has 0 N–H and O–H groups in total. The van der Waals surface area contributed by atoms with Crippen LogP contribution in [-0.4, -0.2) is 16.6 Å². The van der Waals surface area contributed by atoms with Crippen molar-refractivity contribution < 1.29 is 13.5 Å². The normalized spacial score (nSPS) is 18.6. The average Bonchev–Trinajstić information content (AvgIpc) is 2.84. The summed E-state index contributed by atoms with van der Waals surface area (Å²) in [5, 5.41) is 0. The SMILES string of the molecule is CCCCCc1ccc(C2CCC(c3ncc(-c4ccc(C)c(F)c4F)cn3)CO2)cc1. The van der Waals surface area contributed by atoms with E-state index in [2.05, 4.69) is 41.2 Å². The zero-order chi connectivity index (χ0) is 22.5. The number of hydrogen-bond donors (Lipinski definition) is 0. The molecule has 0 bridgehead atoms. The number of unbranched alkanes of at least 4 members (excludes halogenated alkanes) is 2. The van der Waals surface area contributed by atoms with Crippen molar-refractivity contribution in [3.63, 3.8) is 0 Å². The van der Waals surface area contributed by atoms with Crippen molar-refractivity contribution in [2.75, 3.05) is 6.61 Å². The maximum atomic E-state index is 14.3. The second-order valence-corrected chi connectivity index (χ2v) is 8.68. The van der Waals surface area contributed by atoms with Gasteiger partial charge in [0.1, 0.15) is 5.82 Å². The van der Waals surface area contributed by atoms with Crippen LogP contribution in [0.2, 0.25) is 0 Å². The highest BCUT2D eigenvalue weighted by molar-refractivity contribution is 5.62. The zero-order valence-electron chi connectivity index (χ0n) is 18.8. The lowest BCUT2D eigenvalue weighted by atomic mass is 9.93. The summed E-state index contributed by atoms with van der Waals surface area (Å²) < 4.78 is 34.3. The molecule has 32 heavy (non-hydrogen) atoms. The Morgan fingerprint density at radius 3 is 2.34 bits per heavy atom. The van der Waals surface area contributed by atoms with Gasteiger partial charge in [-0.05, 0) is 49.3 Å². The average molecular weight is 437 g/mol. The molecular formula is C27H30F2N2O. The van der Waals surface area contributed by atoms with Gasteiger partial charge in [0, 0.05) is 29.4 Å². The number of hydrogen-bond acceptors (Lipinski definition) is 3. The summed E-state index contributed by atoms with van der Waals surface area (Å²) >= 11 is 0. The third-order valence-corrected chi connectivity index (χ3v) is 6.32. The van der Waals surface area contributed by atoms with Gasteiger partial charge in [0.2, 0.25) is 0 Å². The number of halogens is 2. The van der Waals surface area contributed by atoms with Crippen LogP contribution in [-0.2, 0) is 11.2 Å². The smallest absolute Gasteiger partial charge is 0.167 e. The molecule has 4 rings (SSSR count). The fourth-order valence-corrected chi connectivity index (χ4v) is 4.25. The minimum absolute atomic E-state index is 0.0971. The van der Waals surface area contributed by atoms with Crippen LogP contribution in [0.25, 0.3) is 11.1 Å². The molecule has 168 valence electrons. The molecule has 2 heterocycles. The summed E-state index contributed by atoms with van der Waals surface area (Å²) in [5.74, 6) is -0.895. The Balaban J connectivity index is 1.36. The van der Waals surface area contributed by atoms with Gasteiger partial charge >= 0.3 is 0 Å². The standard InChI is InChI=1S/C27H30F2N2O/c1-3-4-5-6-19-8-10-20(11-9-19)24-14-12-21(17-32-24)27-30-15-22(16-31-27)23-13-7-18(2)25(28)26(23)29/h7-11,13,15-16,21,24H,3-6,12,14,17H2,1-2H3. The second kappa shape index (κ2) is 10.3. The minimum atomic E-state index is -0.860. The number of nitrogens with zero attached hydrogens (tertiary/aromatic N) is 2. The van der Waals surface area contributed by atoms with Gasteiger partial charge in [0.05, 0.1) is 12.7 Å².